The van der Waals surface area contributed by atoms with Gasteiger partial charge in [-0.3, -0.25) is 9.59 Å². The third kappa shape index (κ3) is 4.23. The molecule has 2 heterocycles. The number of amides is 1. The van der Waals surface area contributed by atoms with Gasteiger partial charge in [0.25, 0.3) is 5.56 Å². The number of thioether (sulfide) groups is 1. The maximum absolute atomic E-state index is 13.9. The number of nitrogens with one attached hydrogen (secondary N) is 1. The number of aromatic nitrogens is 3. The topological polar surface area (TPSA) is 76.9 Å². The average Bonchev–Trinajstić information content (AvgIpc) is 3.28. The summed E-state index contributed by atoms with van der Waals surface area (Å²) >= 11 is 1.02. The highest BCUT2D eigenvalue weighted by Crippen LogP contribution is 2.26. The molecule has 6 nitrogen and oxygen atoms in total. The highest BCUT2D eigenvalue weighted by molar-refractivity contribution is 7.99. The van der Waals surface area contributed by atoms with Crippen LogP contribution in [0, 0.1) is 11.6 Å². The molecule has 0 fully saturated rings. The largest absolute Gasteiger partial charge is 0.325 e. The van der Waals surface area contributed by atoms with Gasteiger partial charge in [-0.05, 0) is 54.7 Å². The third-order valence-electron chi connectivity index (χ3n) is 5.48. The Bertz CT molecular complexity index is 1450. The zero-order valence-electron chi connectivity index (χ0n) is 17.3. The molecule has 1 aliphatic carbocycles. The van der Waals surface area contributed by atoms with Crippen molar-refractivity contribution < 1.29 is 13.6 Å². The first kappa shape index (κ1) is 21.3. The monoisotopic (exact) mass is 464 g/mol. The van der Waals surface area contributed by atoms with E-state index in [4.69, 9.17) is 0 Å². The molecule has 0 atom stereocenters. The van der Waals surface area contributed by atoms with E-state index in [9.17, 15) is 18.4 Å². The van der Waals surface area contributed by atoms with Gasteiger partial charge in [-0.25, -0.2) is 23.3 Å². The van der Waals surface area contributed by atoms with Crippen LogP contribution in [0.1, 0.15) is 17.5 Å². The lowest BCUT2D eigenvalue weighted by Gasteiger charge is -2.13. The van der Waals surface area contributed by atoms with E-state index in [0.29, 0.717) is 22.8 Å². The van der Waals surface area contributed by atoms with Crippen molar-refractivity contribution in [2.24, 2.45) is 0 Å². The first-order chi connectivity index (χ1) is 16.0. The first-order valence-electron chi connectivity index (χ1n) is 10.4. The van der Waals surface area contributed by atoms with Crippen LogP contribution in [0.5, 0.6) is 0 Å². The Labute approximate surface area is 191 Å². The van der Waals surface area contributed by atoms with E-state index in [-0.39, 0.29) is 22.6 Å². The molecule has 1 aliphatic rings. The Hall–Kier alpha value is -3.59. The number of hydrogen-bond donors (Lipinski definition) is 1. The smallest absolute Gasteiger partial charge is 0.267 e. The van der Waals surface area contributed by atoms with E-state index in [1.54, 1.807) is 24.3 Å². The van der Waals surface area contributed by atoms with Crippen molar-refractivity contribution in [3.05, 3.63) is 87.8 Å². The van der Waals surface area contributed by atoms with Crippen LogP contribution >= 0.6 is 11.8 Å². The SMILES string of the molecule is O=C(CSc1nc2ccccc2c(=O)n1-c1cc(F)c(F)cn1)Nc1ccc2c(c1)CCC2. The number of para-hydroxylation sites is 1. The predicted molar refractivity (Wildman–Crippen MR) is 123 cm³/mol. The van der Waals surface area contributed by atoms with E-state index < -0.39 is 17.2 Å². The van der Waals surface area contributed by atoms with Crippen LogP contribution in [0.15, 0.2) is 64.7 Å². The Morgan fingerprint density at radius 1 is 1.06 bits per heavy atom. The highest BCUT2D eigenvalue weighted by atomic mass is 32.2. The zero-order chi connectivity index (χ0) is 22.9. The summed E-state index contributed by atoms with van der Waals surface area (Å²) in [4.78, 5) is 34.1. The number of carbonyl (C=O) groups excluding carboxylic acids is 1. The second kappa shape index (κ2) is 8.74. The van der Waals surface area contributed by atoms with E-state index in [0.717, 1.165) is 41.7 Å². The van der Waals surface area contributed by atoms with Gasteiger partial charge in [0.2, 0.25) is 5.91 Å². The van der Waals surface area contributed by atoms with Crippen LogP contribution in [-0.4, -0.2) is 26.2 Å². The molecule has 9 heteroatoms. The van der Waals surface area contributed by atoms with Gasteiger partial charge < -0.3 is 5.32 Å². The van der Waals surface area contributed by atoms with Crippen LogP contribution in [0.4, 0.5) is 14.5 Å². The van der Waals surface area contributed by atoms with Crippen LogP contribution < -0.4 is 10.9 Å². The fourth-order valence-corrected chi connectivity index (χ4v) is 4.72. The molecule has 0 bridgehead atoms. The number of nitrogens with zero attached hydrogens (tertiary/aromatic N) is 3. The van der Waals surface area contributed by atoms with Crippen molar-refractivity contribution in [3.8, 4) is 5.82 Å². The summed E-state index contributed by atoms with van der Waals surface area (Å²) in [7, 11) is 0. The molecule has 0 unspecified atom stereocenters. The zero-order valence-corrected chi connectivity index (χ0v) is 18.2. The first-order valence-corrected chi connectivity index (χ1v) is 11.4. The van der Waals surface area contributed by atoms with Gasteiger partial charge in [0.05, 0.1) is 22.9 Å². The molecule has 5 rings (SSSR count). The lowest BCUT2D eigenvalue weighted by atomic mass is 10.1. The molecule has 33 heavy (non-hydrogen) atoms. The minimum absolute atomic E-state index is 0.0362. The maximum atomic E-state index is 13.9. The van der Waals surface area contributed by atoms with E-state index in [1.807, 2.05) is 18.2 Å². The number of anilines is 1. The van der Waals surface area contributed by atoms with E-state index >= 15 is 0 Å². The molecule has 1 amide bonds. The van der Waals surface area contributed by atoms with Crippen molar-refractivity contribution in [2.45, 2.75) is 24.4 Å². The second-order valence-electron chi connectivity index (χ2n) is 7.68. The number of aryl methyl sites for hydroxylation is 2. The van der Waals surface area contributed by atoms with Crippen LogP contribution in [-0.2, 0) is 17.6 Å². The fraction of sp³-hybridized carbons (Fsp3) is 0.167. The fourth-order valence-electron chi connectivity index (χ4n) is 3.91. The highest BCUT2D eigenvalue weighted by Gasteiger charge is 2.18. The van der Waals surface area contributed by atoms with Gasteiger partial charge in [-0.1, -0.05) is 30.0 Å². The van der Waals surface area contributed by atoms with Gasteiger partial charge in [-0.15, -0.1) is 0 Å². The quantitative estimate of drug-likeness (QED) is 0.353. The number of rotatable bonds is 5. The molecule has 0 radical (unpaired) electrons. The average molecular weight is 464 g/mol. The number of pyridine rings is 1. The number of fused-ring (bicyclic) bond motifs is 2. The molecule has 1 N–H and O–H groups in total. The molecule has 0 saturated heterocycles. The Balaban J connectivity index is 1.45. The van der Waals surface area contributed by atoms with Crippen molar-refractivity contribution in [3.63, 3.8) is 0 Å². The minimum Gasteiger partial charge on any atom is -0.325 e. The van der Waals surface area contributed by atoms with Gasteiger partial charge in [0, 0.05) is 11.8 Å². The van der Waals surface area contributed by atoms with Crippen molar-refractivity contribution in [1.82, 2.24) is 14.5 Å². The second-order valence-corrected chi connectivity index (χ2v) is 8.63. The molecule has 0 aliphatic heterocycles. The van der Waals surface area contributed by atoms with E-state index in [1.165, 1.54) is 11.1 Å². The normalized spacial score (nSPS) is 12.7. The van der Waals surface area contributed by atoms with Gasteiger partial charge in [-0.2, -0.15) is 0 Å². The molecule has 2 aromatic carbocycles. The maximum Gasteiger partial charge on any atom is 0.267 e. The van der Waals surface area contributed by atoms with Crippen molar-refractivity contribution in [1.29, 1.82) is 0 Å². The Morgan fingerprint density at radius 2 is 1.88 bits per heavy atom. The Morgan fingerprint density at radius 3 is 2.73 bits per heavy atom. The molecule has 2 aromatic heterocycles. The molecule has 4 aromatic rings. The minimum atomic E-state index is -1.13. The predicted octanol–water partition coefficient (Wildman–Crippen LogP) is 4.28. The molecular formula is C24H18F2N4O2S. The molecule has 166 valence electrons. The summed E-state index contributed by atoms with van der Waals surface area (Å²) in [5.41, 5.74) is 3.22. The lowest BCUT2D eigenvalue weighted by molar-refractivity contribution is -0.113. The van der Waals surface area contributed by atoms with Gasteiger partial charge >= 0.3 is 0 Å². The number of halogens is 2. The van der Waals surface area contributed by atoms with E-state index in [2.05, 4.69) is 15.3 Å². The summed E-state index contributed by atoms with van der Waals surface area (Å²) in [6.45, 7) is 0. The lowest BCUT2D eigenvalue weighted by Crippen LogP contribution is -2.24. The number of carbonyl (C=O) groups is 1. The molecular weight excluding hydrogens is 446 g/mol. The van der Waals surface area contributed by atoms with Gasteiger partial charge in [0.15, 0.2) is 16.8 Å². The number of hydrogen-bond acceptors (Lipinski definition) is 5. The van der Waals surface area contributed by atoms with Gasteiger partial charge in [0.1, 0.15) is 5.82 Å². The van der Waals surface area contributed by atoms with Crippen molar-refractivity contribution in [2.75, 3.05) is 11.1 Å². The molecule has 0 saturated carbocycles. The van der Waals surface area contributed by atoms with Crippen LogP contribution in [0.25, 0.3) is 16.7 Å². The van der Waals surface area contributed by atoms with Crippen LogP contribution in [0.2, 0.25) is 0 Å². The van der Waals surface area contributed by atoms with Crippen molar-refractivity contribution >= 4 is 34.3 Å². The standard InChI is InChI=1S/C24H18F2N4O2S/c25-18-11-21(27-12-19(18)26)30-23(32)17-6-1-2-7-20(17)29-24(30)33-13-22(31)28-16-9-8-14-4-3-5-15(14)10-16/h1-2,6-12H,3-5,13H2,(H,28,31). The summed E-state index contributed by atoms with van der Waals surface area (Å²) in [6, 6.07) is 13.4. The third-order valence-corrected chi connectivity index (χ3v) is 6.42. The molecule has 0 spiro atoms. The summed E-state index contributed by atoms with van der Waals surface area (Å²) in [6.07, 6.45) is 3.89. The summed E-state index contributed by atoms with van der Waals surface area (Å²) in [5, 5.41) is 3.33. The summed E-state index contributed by atoms with van der Waals surface area (Å²) in [5.74, 6) is -2.68. The van der Waals surface area contributed by atoms with Crippen LogP contribution in [0.3, 0.4) is 0 Å². The Kier molecular flexibility index (Phi) is 5.63. The summed E-state index contributed by atoms with van der Waals surface area (Å²) < 4.78 is 28.4. The number of benzene rings is 2.